The Hall–Kier alpha value is -3.41. The molecule has 4 aromatic rings. The molecule has 4 rings (SSSR count). The second-order valence-electron chi connectivity index (χ2n) is 5.62. The molecule has 0 aromatic carbocycles. The number of pyridine rings is 3. The first-order valence-corrected chi connectivity index (χ1v) is 7.94. The summed E-state index contributed by atoms with van der Waals surface area (Å²) in [5, 5.41) is 4.42. The minimum absolute atomic E-state index is 0.678. The predicted molar refractivity (Wildman–Crippen MR) is 97.4 cm³/mol. The van der Waals surface area contributed by atoms with Gasteiger partial charge in [0.1, 0.15) is 17.2 Å². The van der Waals surface area contributed by atoms with E-state index in [1.54, 1.807) is 25.7 Å². The van der Waals surface area contributed by atoms with Gasteiger partial charge in [-0.15, -0.1) is 0 Å². The van der Waals surface area contributed by atoms with Gasteiger partial charge in [0.15, 0.2) is 0 Å². The van der Waals surface area contributed by atoms with Crippen LogP contribution >= 0.6 is 0 Å². The Kier molecular flexibility index (Phi) is 4.00. The predicted octanol–water partition coefficient (Wildman–Crippen LogP) is 3.64. The minimum atomic E-state index is 0.678. The van der Waals surface area contributed by atoms with Crippen molar-refractivity contribution < 1.29 is 4.74 Å². The van der Waals surface area contributed by atoms with E-state index in [0.717, 1.165) is 39.3 Å². The first-order chi connectivity index (χ1) is 12.3. The van der Waals surface area contributed by atoms with Crippen LogP contribution in [0.4, 0.5) is 5.82 Å². The van der Waals surface area contributed by atoms with Crippen LogP contribution in [-0.2, 0) is 6.54 Å². The van der Waals surface area contributed by atoms with E-state index in [-0.39, 0.29) is 0 Å². The van der Waals surface area contributed by atoms with Gasteiger partial charge in [0.25, 0.3) is 0 Å². The molecule has 0 aliphatic rings. The topological polar surface area (TPSA) is 75.7 Å². The summed E-state index contributed by atoms with van der Waals surface area (Å²) in [5.74, 6) is 1.52. The van der Waals surface area contributed by atoms with Crippen molar-refractivity contribution in [1.82, 2.24) is 19.9 Å². The third-order valence-electron chi connectivity index (χ3n) is 4.01. The summed E-state index contributed by atoms with van der Waals surface area (Å²) < 4.78 is 5.30. The number of aromatic nitrogens is 4. The molecule has 4 aromatic heterocycles. The van der Waals surface area contributed by atoms with Gasteiger partial charge in [0.2, 0.25) is 0 Å². The van der Waals surface area contributed by atoms with Crippen LogP contribution in [0.25, 0.3) is 22.2 Å². The molecule has 0 radical (unpaired) electrons. The van der Waals surface area contributed by atoms with Crippen molar-refractivity contribution in [2.75, 3.05) is 12.4 Å². The number of fused-ring (bicyclic) bond motifs is 1. The number of rotatable bonds is 5. The Morgan fingerprint density at radius 3 is 2.80 bits per heavy atom. The maximum Gasteiger partial charge on any atom is 0.140 e. The lowest BCUT2D eigenvalue weighted by molar-refractivity contribution is 0.413. The van der Waals surface area contributed by atoms with Crippen LogP contribution in [0.3, 0.4) is 0 Å². The van der Waals surface area contributed by atoms with Gasteiger partial charge < -0.3 is 15.0 Å². The van der Waals surface area contributed by atoms with Gasteiger partial charge in [-0.3, -0.25) is 9.97 Å². The summed E-state index contributed by atoms with van der Waals surface area (Å²) in [6.45, 7) is 0.678. The fourth-order valence-electron chi connectivity index (χ4n) is 2.74. The van der Waals surface area contributed by atoms with Crippen molar-refractivity contribution in [3.05, 3.63) is 66.9 Å². The Morgan fingerprint density at radius 1 is 1.08 bits per heavy atom. The SMILES string of the molecule is COc1cncc(-c2cc(NCc3ccncc3)nc3[nH]ccc23)c1. The summed E-state index contributed by atoms with van der Waals surface area (Å²) in [4.78, 5) is 16.1. The lowest BCUT2D eigenvalue weighted by Crippen LogP contribution is -2.02. The molecule has 0 saturated carbocycles. The van der Waals surface area contributed by atoms with Gasteiger partial charge >= 0.3 is 0 Å². The summed E-state index contributed by atoms with van der Waals surface area (Å²) in [5.41, 5.74) is 4.01. The number of nitrogens with one attached hydrogen (secondary N) is 2. The van der Waals surface area contributed by atoms with Crippen LogP contribution in [0, 0.1) is 0 Å². The highest BCUT2D eigenvalue weighted by molar-refractivity contribution is 5.94. The maximum atomic E-state index is 5.30. The quantitative estimate of drug-likeness (QED) is 0.584. The van der Waals surface area contributed by atoms with E-state index in [1.165, 1.54) is 0 Å². The van der Waals surface area contributed by atoms with Gasteiger partial charge in [-0.25, -0.2) is 4.98 Å². The lowest BCUT2D eigenvalue weighted by atomic mass is 10.1. The highest BCUT2D eigenvalue weighted by atomic mass is 16.5. The number of hydrogen-bond donors (Lipinski definition) is 2. The molecule has 0 spiro atoms. The number of methoxy groups -OCH3 is 1. The number of aromatic amines is 1. The van der Waals surface area contributed by atoms with Crippen LogP contribution in [0.1, 0.15) is 5.56 Å². The van der Waals surface area contributed by atoms with Gasteiger partial charge in [-0.1, -0.05) is 0 Å². The number of ether oxygens (including phenoxy) is 1. The molecule has 4 heterocycles. The van der Waals surface area contributed by atoms with E-state index in [0.29, 0.717) is 6.54 Å². The van der Waals surface area contributed by atoms with Crippen molar-refractivity contribution in [3.8, 4) is 16.9 Å². The molecule has 0 saturated heterocycles. The summed E-state index contributed by atoms with van der Waals surface area (Å²) in [7, 11) is 1.64. The van der Waals surface area contributed by atoms with Crippen LogP contribution in [0.15, 0.2) is 61.3 Å². The Morgan fingerprint density at radius 2 is 1.96 bits per heavy atom. The monoisotopic (exact) mass is 331 g/mol. The molecule has 25 heavy (non-hydrogen) atoms. The lowest BCUT2D eigenvalue weighted by Gasteiger charge is -2.10. The zero-order chi connectivity index (χ0) is 17.1. The molecule has 0 bridgehead atoms. The van der Waals surface area contributed by atoms with E-state index in [4.69, 9.17) is 4.74 Å². The second kappa shape index (κ2) is 6.60. The molecule has 0 aliphatic carbocycles. The van der Waals surface area contributed by atoms with E-state index in [1.807, 2.05) is 42.7 Å². The molecule has 6 nitrogen and oxygen atoms in total. The van der Waals surface area contributed by atoms with E-state index < -0.39 is 0 Å². The summed E-state index contributed by atoms with van der Waals surface area (Å²) in [6.07, 6.45) is 8.98. The molecular weight excluding hydrogens is 314 g/mol. The van der Waals surface area contributed by atoms with Crippen molar-refractivity contribution in [1.29, 1.82) is 0 Å². The van der Waals surface area contributed by atoms with Crippen molar-refractivity contribution in [2.24, 2.45) is 0 Å². The molecule has 124 valence electrons. The largest absolute Gasteiger partial charge is 0.495 e. The highest BCUT2D eigenvalue weighted by Crippen LogP contribution is 2.31. The van der Waals surface area contributed by atoms with Gasteiger partial charge in [0, 0.05) is 42.3 Å². The molecular formula is C19H17N5O. The van der Waals surface area contributed by atoms with Gasteiger partial charge in [0.05, 0.1) is 13.3 Å². The third-order valence-corrected chi connectivity index (χ3v) is 4.01. The average molecular weight is 331 g/mol. The van der Waals surface area contributed by atoms with E-state index in [9.17, 15) is 0 Å². The zero-order valence-corrected chi connectivity index (χ0v) is 13.7. The third kappa shape index (κ3) is 3.14. The van der Waals surface area contributed by atoms with Crippen molar-refractivity contribution in [2.45, 2.75) is 6.54 Å². The van der Waals surface area contributed by atoms with E-state index in [2.05, 4.69) is 25.3 Å². The van der Waals surface area contributed by atoms with Crippen LogP contribution < -0.4 is 10.1 Å². The minimum Gasteiger partial charge on any atom is -0.495 e. The smallest absolute Gasteiger partial charge is 0.140 e. The summed E-state index contributed by atoms with van der Waals surface area (Å²) in [6, 6.07) is 9.99. The average Bonchev–Trinajstić information content (AvgIpc) is 3.15. The fourth-order valence-corrected chi connectivity index (χ4v) is 2.74. The van der Waals surface area contributed by atoms with Crippen molar-refractivity contribution >= 4 is 16.9 Å². The fraction of sp³-hybridized carbons (Fsp3) is 0.105. The normalized spacial score (nSPS) is 10.8. The number of nitrogens with zero attached hydrogens (tertiary/aromatic N) is 3. The second-order valence-corrected chi connectivity index (χ2v) is 5.62. The molecule has 2 N–H and O–H groups in total. The summed E-state index contributed by atoms with van der Waals surface area (Å²) >= 11 is 0. The number of anilines is 1. The number of hydrogen-bond acceptors (Lipinski definition) is 5. The number of H-pyrrole nitrogens is 1. The molecule has 0 amide bonds. The molecule has 6 heteroatoms. The molecule has 0 fully saturated rings. The van der Waals surface area contributed by atoms with Gasteiger partial charge in [-0.2, -0.15) is 0 Å². The van der Waals surface area contributed by atoms with Crippen LogP contribution in [0.5, 0.6) is 5.75 Å². The zero-order valence-electron chi connectivity index (χ0n) is 13.7. The Bertz CT molecular complexity index is 997. The van der Waals surface area contributed by atoms with Crippen molar-refractivity contribution in [3.63, 3.8) is 0 Å². The van der Waals surface area contributed by atoms with Crippen LogP contribution in [0.2, 0.25) is 0 Å². The standard InChI is InChI=1S/C19H17N5O/c1-25-15-8-14(11-21-12-15)17-9-18(24-19-16(17)4-7-22-19)23-10-13-2-5-20-6-3-13/h2-9,11-12H,10H2,1H3,(H2,22,23,24). The van der Waals surface area contributed by atoms with Crippen LogP contribution in [-0.4, -0.2) is 27.0 Å². The maximum absolute atomic E-state index is 5.30. The first-order valence-electron chi connectivity index (χ1n) is 7.94. The van der Waals surface area contributed by atoms with E-state index >= 15 is 0 Å². The van der Waals surface area contributed by atoms with Gasteiger partial charge in [-0.05, 0) is 41.5 Å². The highest BCUT2D eigenvalue weighted by Gasteiger charge is 2.10. The first kappa shape index (κ1) is 15.1. The Labute approximate surface area is 144 Å². The Balaban J connectivity index is 1.72. The molecule has 0 unspecified atom stereocenters. The molecule has 0 atom stereocenters. The molecule has 0 aliphatic heterocycles.